The van der Waals surface area contributed by atoms with E-state index in [0.29, 0.717) is 11.4 Å². The molecule has 1 amide bonds. The number of anilines is 1. The van der Waals surface area contributed by atoms with Gasteiger partial charge in [-0.25, -0.2) is 9.78 Å². The molecule has 2 aromatic rings. The van der Waals surface area contributed by atoms with Crippen LogP contribution >= 0.6 is 0 Å². The van der Waals surface area contributed by atoms with Crippen molar-refractivity contribution in [1.82, 2.24) is 9.55 Å². The number of ether oxygens (including phenoxy) is 1. The topological polar surface area (TPSA) is 73.2 Å². The molecule has 0 atom stereocenters. The van der Waals surface area contributed by atoms with Gasteiger partial charge >= 0.3 is 5.97 Å². The van der Waals surface area contributed by atoms with E-state index in [1.807, 2.05) is 6.07 Å². The van der Waals surface area contributed by atoms with E-state index >= 15 is 0 Å². The highest BCUT2D eigenvalue weighted by Gasteiger charge is 2.22. The minimum atomic E-state index is -0.510. The van der Waals surface area contributed by atoms with Crippen LogP contribution in [0, 0.1) is 6.92 Å². The number of aromatic nitrogens is 2. The van der Waals surface area contributed by atoms with Crippen molar-refractivity contribution < 1.29 is 14.3 Å². The lowest BCUT2D eigenvalue weighted by Gasteiger charge is -2.07. The minimum Gasteiger partial charge on any atom is -0.461 e. The van der Waals surface area contributed by atoms with E-state index in [4.69, 9.17) is 4.74 Å². The first-order valence-electron chi connectivity index (χ1n) is 6.61. The van der Waals surface area contributed by atoms with E-state index in [2.05, 4.69) is 10.3 Å². The van der Waals surface area contributed by atoms with E-state index in [9.17, 15) is 9.59 Å². The summed E-state index contributed by atoms with van der Waals surface area (Å²) in [5, 5.41) is 2.66. The molecule has 1 aromatic carbocycles. The van der Waals surface area contributed by atoms with Gasteiger partial charge in [0.1, 0.15) is 5.82 Å². The fraction of sp³-hybridized carbons (Fsp3) is 0.267. The summed E-state index contributed by atoms with van der Waals surface area (Å²) in [5.41, 5.74) is 0.731. The standard InChI is InChI=1S/C15H17N3O3/c1-4-21-15(20)12-13(16-10(2)18(12)3)17-14(19)11-8-6-5-7-9-11/h5-9H,4H2,1-3H3,(H,17,19). The zero-order valence-electron chi connectivity index (χ0n) is 12.2. The Labute approximate surface area is 122 Å². The Kier molecular flexibility index (Phi) is 4.37. The zero-order valence-corrected chi connectivity index (χ0v) is 12.2. The molecule has 1 heterocycles. The maximum absolute atomic E-state index is 12.2. The van der Waals surface area contributed by atoms with Crippen LogP contribution in [0.1, 0.15) is 33.6 Å². The summed E-state index contributed by atoms with van der Waals surface area (Å²) in [6, 6.07) is 8.74. The van der Waals surface area contributed by atoms with Crippen molar-refractivity contribution in [2.24, 2.45) is 7.05 Å². The number of esters is 1. The van der Waals surface area contributed by atoms with Crippen LogP contribution in [0.2, 0.25) is 0 Å². The molecule has 0 spiro atoms. The first-order valence-corrected chi connectivity index (χ1v) is 6.61. The number of hydrogen-bond donors (Lipinski definition) is 1. The van der Waals surface area contributed by atoms with Gasteiger partial charge in [0.25, 0.3) is 5.91 Å². The summed E-state index contributed by atoms with van der Waals surface area (Å²) in [7, 11) is 1.70. The van der Waals surface area contributed by atoms with E-state index in [1.165, 1.54) is 0 Å². The molecular weight excluding hydrogens is 270 g/mol. The smallest absolute Gasteiger partial charge is 0.358 e. The van der Waals surface area contributed by atoms with Gasteiger partial charge in [-0.3, -0.25) is 4.79 Å². The summed E-state index contributed by atoms with van der Waals surface area (Å²) in [6.45, 7) is 3.74. The third-order valence-electron chi connectivity index (χ3n) is 3.06. The van der Waals surface area contributed by atoms with Crippen LogP contribution in [0.25, 0.3) is 0 Å². The molecule has 2 rings (SSSR count). The molecule has 0 bridgehead atoms. The van der Waals surface area contributed by atoms with Crippen LogP contribution in [-0.4, -0.2) is 28.0 Å². The van der Waals surface area contributed by atoms with Crippen molar-refractivity contribution in [2.45, 2.75) is 13.8 Å². The number of nitrogens with one attached hydrogen (secondary N) is 1. The number of carbonyl (C=O) groups excluding carboxylic acids is 2. The Morgan fingerprint density at radius 3 is 2.57 bits per heavy atom. The second kappa shape index (κ2) is 6.21. The zero-order chi connectivity index (χ0) is 15.4. The van der Waals surface area contributed by atoms with Gasteiger partial charge in [-0.1, -0.05) is 18.2 Å². The van der Waals surface area contributed by atoms with Gasteiger partial charge in [-0.2, -0.15) is 0 Å². The Bertz CT molecular complexity index is 662. The quantitative estimate of drug-likeness (QED) is 0.874. The van der Waals surface area contributed by atoms with Crippen LogP contribution in [-0.2, 0) is 11.8 Å². The molecule has 0 aliphatic rings. The molecule has 6 heteroatoms. The van der Waals surface area contributed by atoms with Gasteiger partial charge in [0.2, 0.25) is 0 Å². The number of amides is 1. The van der Waals surface area contributed by atoms with Crippen molar-refractivity contribution in [2.75, 3.05) is 11.9 Å². The molecule has 0 unspecified atom stereocenters. The third kappa shape index (κ3) is 3.10. The van der Waals surface area contributed by atoms with Crippen LogP contribution < -0.4 is 5.32 Å². The van der Waals surface area contributed by atoms with Gasteiger partial charge in [0.15, 0.2) is 11.5 Å². The van der Waals surface area contributed by atoms with Gasteiger partial charge in [0.05, 0.1) is 6.61 Å². The van der Waals surface area contributed by atoms with Crippen molar-refractivity contribution in [3.63, 3.8) is 0 Å². The molecule has 6 nitrogen and oxygen atoms in total. The molecule has 0 radical (unpaired) electrons. The molecule has 0 aliphatic heterocycles. The molecule has 0 saturated heterocycles. The van der Waals surface area contributed by atoms with E-state index in [-0.39, 0.29) is 24.0 Å². The van der Waals surface area contributed by atoms with Crippen molar-refractivity contribution in [1.29, 1.82) is 0 Å². The average Bonchev–Trinajstić information content (AvgIpc) is 2.75. The Hall–Kier alpha value is -2.63. The van der Waals surface area contributed by atoms with Gasteiger partial charge in [0, 0.05) is 12.6 Å². The van der Waals surface area contributed by atoms with Crippen molar-refractivity contribution in [3.05, 3.63) is 47.4 Å². The average molecular weight is 287 g/mol. The number of hydrogen-bond acceptors (Lipinski definition) is 4. The molecule has 21 heavy (non-hydrogen) atoms. The maximum Gasteiger partial charge on any atom is 0.358 e. The molecule has 1 aromatic heterocycles. The minimum absolute atomic E-state index is 0.210. The number of imidazole rings is 1. The predicted octanol–water partition coefficient (Wildman–Crippen LogP) is 2.16. The first-order chi connectivity index (χ1) is 10.0. The second-order valence-electron chi connectivity index (χ2n) is 4.46. The number of nitrogens with zero attached hydrogens (tertiary/aromatic N) is 2. The van der Waals surface area contributed by atoms with Crippen LogP contribution in [0.3, 0.4) is 0 Å². The first kappa shape index (κ1) is 14.8. The normalized spacial score (nSPS) is 10.2. The number of carbonyl (C=O) groups is 2. The molecule has 0 aliphatic carbocycles. The van der Waals surface area contributed by atoms with Gasteiger partial charge < -0.3 is 14.6 Å². The molecular formula is C15H17N3O3. The van der Waals surface area contributed by atoms with E-state index in [0.717, 1.165) is 0 Å². The Balaban J connectivity index is 2.30. The summed E-state index contributed by atoms with van der Waals surface area (Å²) < 4.78 is 6.59. The van der Waals surface area contributed by atoms with Crippen molar-refractivity contribution in [3.8, 4) is 0 Å². The van der Waals surface area contributed by atoms with Crippen molar-refractivity contribution >= 4 is 17.7 Å². The Morgan fingerprint density at radius 2 is 1.95 bits per heavy atom. The number of aryl methyl sites for hydroxylation is 1. The second-order valence-corrected chi connectivity index (χ2v) is 4.46. The summed E-state index contributed by atoms with van der Waals surface area (Å²) >= 11 is 0. The third-order valence-corrected chi connectivity index (χ3v) is 3.06. The SMILES string of the molecule is CCOC(=O)c1c(NC(=O)c2ccccc2)nc(C)n1C. The van der Waals surface area contributed by atoms with Crippen LogP contribution in [0.5, 0.6) is 0 Å². The molecule has 0 fully saturated rings. The summed E-state index contributed by atoms with van der Waals surface area (Å²) in [5.74, 6) is -0.00747. The highest BCUT2D eigenvalue weighted by molar-refractivity contribution is 6.06. The fourth-order valence-corrected chi connectivity index (χ4v) is 1.90. The highest BCUT2D eigenvalue weighted by atomic mass is 16.5. The van der Waals surface area contributed by atoms with Crippen LogP contribution in [0.15, 0.2) is 30.3 Å². The molecule has 0 saturated carbocycles. The highest BCUT2D eigenvalue weighted by Crippen LogP contribution is 2.18. The van der Waals surface area contributed by atoms with Gasteiger partial charge in [-0.05, 0) is 26.0 Å². The lowest BCUT2D eigenvalue weighted by molar-refractivity contribution is 0.0516. The predicted molar refractivity (Wildman–Crippen MR) is 78.3 cm³/mol. The van der Waals surface area contributed by atoms with E-state index < -0.39 is 5.97 Å². The monoisotopic (exact) mass is 287 g/mol. The molecule has 110 valence electrons. The summed E-state index contributed by atoms with van der Waals surface area (Å²) in [4.78, 5) is 28.3. The lowest BCUT2D eigenvalue weighted by atomic mass is 10.2. The number of benzene rings is 1. The maximum atomic E-state index is 12.2. The summed E-state index contributed by atoms with van der Waals surface area (Å²) in [6.07, 6.45) is 0. The van der Waals surface area contributed by atoms with Crippen LogP contribution in [0.4, 0.5) is 5.82 Å². The lowest BCUT2D eigenvalue weighted by Crippen LogP contribution is -2.17. The fourth-order valence-electron chi connectivity index (χ4n) is 1.90. The van der Waals surface area contributed by atoms with E-state index in [1.54, 1.807) is 49.7 Å². The number of rotatable bonds is 4. The molecule has 1 N–H and O–H groups in total. The Morgan fingerprint density at radius 1 is 1.29 bits per heavy atom. The largest absolute Gasteiger partial charge is 0.461 e. The van der Waals surface area contributed by atoms with Gasteiger partial charge in [-0.15, -0.1) is 0 Å².